The van der Waals surface area contributed by atoms with Crippen molar-refractivity contribution in [3.05, 3.63) is 48.4 Å². The molecule has 9 nitrogen and oxygen atoms in total. The molecule has 1 amide bonds. The van der Waals surface area contributed by atoms with E-state index >= 15 is 0 Å². The van der Waals surface area contributed by atoms with E-state index in [9.17, 15) is 14.7 Å². The maximum atomic E-state index is 12.3. The zero-order chi connectivity index (χ0) is 22.0. The van der Waals surface area contributed by atoms with Gasteiger partial charge in [-0.2, -0.15) is 0 Å². The number of aliphatic carboxylic acids is 1. The van der Waals surface area contributed by atoms with Gasteiger partial charge < -0.3 is 20.3 Å². The Hall–Kier alpha value is -3.46. The van der Waals surface area contributed by atoms with Crippen molar-refractivity contribution < 1.29 is 14.7 Å². The lowest BCUT2D eigenvalue weighted by molar-refractivity contribution is -0.143. The third kappa shape index (κ3) is 4.36. The number of benzene rings is 1. The number of rotatable bonds is 6. The summed E-state index contributed by atoms with van der Waals surface area (Å²) >= 11 is 0. The van der Waals surface area contributed by atoms with Crippen LogP contribution in [0, 0.1) is 5.92 Å². The van der Waals surface area contributed by atoms with Gasteiger partial charge in [-0.25, -0.2) is 9.97 Å². The molecule has 3 N–H and O–H groups in total. The van der Waals surface area contributed by atoms with Crippen molar-refractivity contribution in [1.29, 1.82) is 0 Å². The lowest BCUT2D eigenvalue weighted by Crippen LogP contribution is -2.49. The molecule has 1 fully saturated rings. The van der Waals surface area contributed by atoms with Gasteiger partial charge in [0.15, 0.2) is 0 Å². The van der Waals surface area contributed by atoms with Gasteiger partial charge in [0.2, 0.25) is 11.9 Å². The Kier molecular flexibility index (Phi) is 5.85. The van der Waals surface area contributed by atoms with Crippen molar-refractivity contribution in [2.75, 3.05) is 36.4 Å². The van der Waals surface area contributed by atoms with Crippen LogP contribution in [0.25, 0.3) is 10.9 Å². The average Bonchev–Trinajstić information content (AvgIpc) is 3.17. The summed E-state index contributed by atoms with van der Waals surface area (Å²) in [7, 11) is 0. The van der Waals surface area contributed by atoms with Gasteiger partial charge in [0.1, 0.15) is 6.04 Å². The van der Waals surface area contributed by atoms with Gasteiger partial charge in [-0.05, 0) is 24.3 Å². The van der Waals surface area contributed by atoms with Crippen molar-refractivity contribution in [1.82, 2.24) is 19.9 Å². The Morgan fingerprint density at radius 2 is 1.84 bits per heavy atom. The topological polar surface area (TPSA) is 114 Å². The molecule has 1 unspecified atom stereocenters. The number of carbonyl (C=O) groups is 2. The summed E-state index contributed by atoms with van der Waals surface area (Å²) in [5.41, 5.74) is 2.18. The van der Waals surface area contributed by atoms with Crippen LogP contribution in [-0.2, 0) is 9.59 Å². The lowest BCUT2D eigenvalue weighted by atomic mass is 10.0. The number of carbonyl (C=O) groups excluding carboxylic acids is 1. The van der Waals surface area contributed by atoms with E-state index in [2.05, 4.69) is 25.2 Å². The SMILES string of the molecule is CC(C)C(=O)Nc1ccc2[nH]cc(C(C(=O)O)N3CCN(c4ncccn4)CC3)c2c1. The third-order valence-electron chi connectivity index (χ3n) is 5.55. The zero-order valence-corrected chi connectivity index (χ0v) is 17.6. The Labute approximate surface area is 180 Å². The van der Waals surface area contributed by atoms with E-state index < -0.39 is 12.0 Å². The highest BCUT2D eigenvalue weighted by molar-refractivity contribution is 5.96. The van der Waals surface area contributed by atoms with Gasteiger partial charge in [0.25, 0.3) is 0 Å². The molecule has 162 valence electrons. The Balaban J connectivity index is 1.57. The number of aromatic nitrogens is 3. The molecule has 2 aromatic heterocycles. The fraction of sp³-hybridized carbons (Fsp3) is 0.364. The number of piperazine rings is 1. The smallest absolute Gasteiger partial charge is 0.325 e. The minimum Gasteiger partial charge on any atom is -0.480 e. The van der Waals surface area contributed by atoms with Crippen molar-refractivity contribution in [2.45, 2.75) is 19.9 Å². The molecule has 0 radical (unpaired) electrons. The zero-order valence-electron chi connectivity index (χ0n) is 17.6. The molecule has 1 aliphatic heterocycles. The quantitative estimate of drug-likeness (QED) is 0.559. The molecule has 1 saturated heterocycles. The number of nitrogens with zero attached hydrogens (tertiary/aromatic N) is 4. The van der Waals surface area contributed by atoms with Crippen molar-refractivity contribution >= 4 is 34.4 Å². The van der Waals surface area contributed by atoms with E-state index in [-0.39, 0.29) is 11.8 Å². The molecule has 31 heavy (non-hydrogen) atoms. The second-order valence-corrected chi connectivity index (χ2v) is 7.96. The number of carboxylic acids is 1. The first-order valence-corrected chi connectivity index (χ1v) is 10.3. The van der Waals surface area contributed by atoms with Gasteiger partial charge in [0, 0.05) is 72.8 Å². The molecule has 0 bridgehead atoms. The maximum absolute atomic E-state index is 12.3. The van der Waals surface area contributed by atoms with Gasteiger partial charge in [-0.3, -0.25) is 14.5 Å². The minimum atomic E-state index is -0.901. The van der Waals surface area contributed by atoms with Gasteiger partial charge in [0.05, 0.1) is 0 Å². The van der Waals surface area contributed by atoms with Crippen LogP contribution in [0.4, 0.5) is 11.6 Å². The molecule has 0 spiro atoms. The van der Waals surface area contributed by atoms with Crippen LogP contribution in [0.15, 0.2) is 42.9 Å². The second-order valence-electron chi connectivity index (χ2n) is 7.96. The number of aromatic amines is 1. The van der Waals surface area contributed by atoms with E-state index in [4.69, 9.17) is 0 Å². The second kappa shape index (κ2) is 8.73. The third-order valence-corrected chi connectivity index (χ3v) is 5.55. The molecule has 3 aromatic rings. The van der Waals surface area contributed by atoms with Gasteiger partial charge >= 0.3 is 5.97 Å². The molecular formula is C22H26N6O3. The van der Waals surface area contributed by atoms with Crippen molar-refractivity contribution in [3.63, 3.8) is 0 Å². The van der Waals surface area contributed by atoms with Crippen molar-refractivity contribution in [2.24, 2.45) is 5.92 Å². The molecule has 4 rings (SSSR count). The summed E-state index contributed by atoms with van der Waals surface area (Å²) in [6, 6.07) is 6.50. The number of H-pyrrole nitrogens is 1. The lowest BCUT2D eigenvalue weighted by Gasteiger charge is -2.37. The predicted octanol–water partition coefficient (Wildman–Crippen LogP) is 2.50. The van der Waals surface area contributed by atoms with E-state index in [1.54, 1.807) is 24.7 Å². The summed E-state index contributed by atoms with van der Waals surface area (Å²) in [5, 5.41) is 13.7. The Morgan fingerprint density at radius 1 is 1.13 bits per heavy atom. The van der Waals surface area contributed by atoms with Crippen LogP contribution in [-0.4, -0.2) is 63.0 Å². The highest BCUT2D eigenvalue weighted by Crippen LogP contribution is 2.31. The normalized spacial score (nSPS) is 15.9. The first-order chi connectivity index (χ1) is 14.9. The van der Waals surface area contributed by atoms with Gasteiger partial charge in [-0.15, -0.1) is 0 Å². The number of hydrogen-bond acceptors (Lipinski definition) is 6. The van der Waals surface area contributed by atoms with Crippen molar-refractivity contribution in [3.8, 4) is 0 Å². The molecule has 1 aliphatic rings. The molecule has 9 heteroatoms. The molecule has 3 heterocycles. The van der Waals surface area contributed by atoms with E-state index in [1.807, 2.05) is 36.9 Å². The van der Waals surface area contributed by atoms with E-state index in [0.717, 1.165) is 10.9 Å². The summed E-state index contributed by atoms with van der Waals surface area (Å²) in [4.78, 5) is 40.1. The van der Waals surface area contributed by atoms with Gasteiger partial charge in [-0.1, -0.05) is 13.8 Å². The van der Waals surface area contributed by atoms with Crippen LogP contribution < -0.4 is 10.2 Å². The first-order valence-electron chi connectivity index (χ1n) is 10.3. The van der Waals surface area contributed by atoms with Crippen LogP contribution in [0.1, 0.15) is 25.5 Å². The predicted molar refractivity (Wildman–Crippen MR) is 118 cm³/mol. The van der Waals surface area contributed by atoms with E-state index in [0.29, 0.717) is 43.4 Å². The standard InChI is InChI=1S/C22H26N6O3/c1-14(2)20(29)26-15-4-5-18-16(12-15)17(13-25-18)19(21(30)31)27-8-10-28(11-9-27)22-23-6-3-7-24-22/h3-7,12-14,19,25H,8-11H2,1-2H3,(H,26,29)(H,30,31). The molecule has 1 aromatic carbocycles. The summed E-state index contributed by atoms with van der Waals surface area (Å²) < 4.78 is 0. The maximum Gasteiger partial charge on any atom is 0.325 e. The minimum absolute atomic E-state index is 0.0783. The monoisotopic (exact) mass is 422 g/mol. The number of fused-ring (bicyclic) bond motifs is 1. The number of amides is 1. The number of hydrogen-bond donors (Lipinski definition) is 3. The fourth-order valence-electron chi connectivity index (χ4n) is 3.85. The molecule has 0 aliphatic carbocycles. The Morgan fingerprint density at radius 3 is 2.48 bits per heavy atom. The average molecular weight is 422 g/mol. The van der Waals surface area contributed by atoms with Crippen LogP contribution in [0.3, 0.4) is 0 Å². The van der Waals surface area contributed by atoms with E-state index in [1.165, 1.54) is 0 Å². The highest BCUT2D eigenvalue weighted by atomic mass is 16.4. The number of nitrogens with one attached hydrogen (secondary N) is 2. The first kappa shape index (κ1) is 20.8. The Bertz CT molecular complexity index is 1070. The van der Waals surface area contributed by atoms with Crippen LogP contribution >= 0.6 is 0 Å². The number of carboxylic acid groups (broad SMARTS) is 1. The number of anilines is 2. The highest BCUT2D eigenvalue weighted by Gasteiger charge is 2.32. The summed E-state index contributed by atoms with van der Waals surface area (Å²) in [5.74, 6) is -0.461. The molecule has 0 saturated carbocycles. The molecule has 1 atom stereocenters. The van der Waals surface area contributed by atoms with Crippen LogP contribution in [0.5, 0.6) is 0 Å². The summed E-state index contributed by atoms with van der Waals surface area (Å²) in [6.45, 7) is 6.10. The fourth-order valence-corrected chi connectivity index (χ4v) is 3.85. The van der Waals surface area contributed by atoms with Crippen LogP contribution in [0.2, 0.25) is 0 Å². The summed E-state index contributed by atoms with van der Waals surface area (Å²) in [6.07, 6.45) is 5.16. The molecular weight excluding hydrogens is 396 g/mol. The largest absolute Gasteiger partial charge is 0.480 e.